The number of likely N-dealkylation sites (N-methyl/N-ethyl adjacent to an activating group) is 1. The number of nitrogens with one attached hydrogen (secondary N) is 1. The molecule has 294 valence electrons. The van der Waals surface area contributed by atoms with Crippen LogP contribution in [0.3, 0.4) is 0 Å². The molecule has 0 radical (unpaired) electrons. The van der Waals surface area contributed by atoms with Crippen LogP contribution in [0.4, 0.5) is 0 Å². The van der Waals surface area contributed by atoms with Crippen molar-refractivity contribution in [3.8, 4) is 0 Å². The minimum absolute atomic E-state index is 0.0124. The Hall–Kier alpha value is -0.150. The first-order valence-electron chi connectivity index (χ1n) is 20.5. The van der Waals surface area contributed by atoms with E-state index in [1.54, 1.807) is 0 Å². The fraction of sp³-hybridized carbons (Fsp3) is 0.974. The van der Waals surface area contributed by atoms with E-state index in [-0.39, 0.29) is 18.6 Å². The normalized spacial score (nSPS) is 13.9. The van der Waals surface area contributed by atoms with Gasteiger partial charge in [-0.2, -0.15) is 0 Å². The topological polar surface area (TPSA) is 105 Å². The van der Waals surface area contributed by atoms with Crippen LogP contribution in [0.15, 0.2) is 0 Å². The summed E-state index contributed by atoms with van der Waals surface area (Å²) in [6.45, 7) is 4.17. The van der Waals surface area contributed by atoms with Crippen LogP contribution in [0.25, 0.3) is 0 Å². The fourth-order valence-corrected chi connectivity index (χ4v) is 7.81. The number of carboxylic acids is 1. The minimum atomic E-state index is -4.07. The Morgan fingerprint density at radius 3 is 1.49 bits per heavy atom. The van der Waals surface area contributed by atoms with Gasteiger partial charge < -0.3 is 19.8 Å². The van der Waals surface area contributed by atoms with Crippen LogP contribution in [0.1, 0.15) is 187 Å². The van der Waals surface area contributed by atoms with Crippen molar-refractivity contribution in [2.75, 3.05) is 53.2 Å². The summed E-state index contributed by atoms with van der Waals surface area (Å²) in [5, 5.41) is 12.3. The van der Waals surface area contributed by atoms with E-state index in [9.17, 15) is 14.3 Å². The monoisotopic (exact) mass is 738 g/mol. The number of hydrogen-bond acceptors (Lipinski definition) is 6. The van der Waals surface area contributed by atoms with Gasteiger partial charge in [-0.25, -0.2) is 4.57 Å². The van der Waals surface area contributed by atoms with Gasteiger partial charge in [-0.15, -0.1) is 11.8 Å². The molecule has 2 unspecified atom stereocenters. The van der Waals surface area contributed by atoms with Crippen molar-refractivity contribution in [3.63, 3.8) is 0 Å². The third kappa shape index (κ3) is 40.5. The predicted molar refractivity (Wildman–Crippen MR) is 211 cm³/mol. The Labute approximate surface area is 308 Å². The second-order valence-electron chi connectivity index (χ2n) is 15.3. The van der Waals surface area contributed by atoms with Gasteiger partial charge in [0.25, 0.3) is 0 Å². The number of carboxylic acid groups (broad SMARTS) is 1. The predicted octanol–water partition coefficient (Wildman–Crippen LogP) is 11.5. The van der Waals surface area contributed by atoms with E-state index in [0.717, 1.165) is 38.0 Å². The molecule has 10 heteroatoms. The molecule has 0 aromatic carbocycles. The highest BCUT2D eigenvalue weighted by atomic mass is 32.2. The largest absolute Gasteiger partial charge is 0.481 e. The lowest BCUT2D eigenvalue weighted by molar-refractivity contribution is -0.870. The van der Waals surface area contributed by atoms with Crippen LogP contribution in [0.2, 0.25) is 0 Å². The molecule has 2 atom stereocenters. The standard InChI is InChI=1S/C39H81N2O6PS/c1-5-6-7-8-9-10-11-12-16-19-22-25-28-31-36-49-38(37-47-48(44,45)46-35-34-41(2,3)4)40-33-30-27-24-21-18-15-13-14-17-20-23-26-29-32-39(42)43/h38,40H,5-37H2,1-4H3,(H-,42,43,44,45)/p+1. The van der Waals surface area contributed by atoms with Crippen LogP contribution in [0.5, 0.6) is 0 Å². The zero-order chi connectivity index (χ0) is 36.3. The maximum atomic E-state index is 12.5. The smallest absolute Gasteiger partial charge is 0.472 e. The second-order valence-corrected chi connectivity index (χ2v) is 18.0. The lowest BCUT2D eigenvalue weighted by Gasteiger charge is -2.24. The molecular formula is C39H82N2O6PS+. The van der Waals surface area contributed by atoms with E-state index in [4.69, 9.17) is 14.2 Å². The fourth-order valence-electron chi connectivity index (χ4n) is 5.93. The quantitative estimate of drug-likeness (QED) is 0.0247. The first-order chi connectivity index (χ1) is 23.6. The maximum absolute atomic E-state index is 12.5. The third-order valence-corrected chi connectivity index (χ3v) is 11.4. The van der Waals surface area contributed by atoms with Gasteiger partial charge in [0.1, 0.15) is 13.2 Å². The average molecular weight is 738 g/mol. The SMILES string of the molecule is CCCCCCCCCCCCCCCCSC(COP(=O)(O)OCC[N+](C)(C)C)NCCCCCCCCCCCCCCCC(=O)O. The molecule has 0 rings (SSSR count). The molecule has 0 saturated heterocycles. The van der Waals surface area contributed by atoms with Gasteiger partial charge in [0, 0.05) is 6.42 Å². The van der Waals surface area contributed by atoms with Crippen LogP contribution >= 0.6 is 19.6 Å². The van der Waals surface area contributed by atoms with Crippen molar-refractivity contribution in [2.45, 2.75) is 192 Å². The Morgan fingerprint density at radius 1 is 0.653 bits per heavy atom. The highest BCUT2D eigenvalue weighted by Crippen LogP contribution is 2.43. The average Bonchev–Trinajstić information content (AvgIpc) is 3.03. The molecule has 0 aromatic heterocycles. The number of phosphoric acid groups is 1. The number of thioether (sulfide) groups is 1. The van der Waals surface area contributed by atoms with Gasteiger partial charge in [0.2, 0.25) is 0 Å². The number of aliphatic carboxylic acids is 1. The van der Waals surface area contributed by atoms with Crippen molar-refractivity contribution in [1.82, 2.24) is 5.32 Å². The van der Waals surface area contributed by atoms with Crippen molar-refractivity contribution >= 4 is 25.6 Å². The Morgan fingerprint density at radius 2 is 1.06 bits per heavy atom. The summed E-state index contributed by atoms with van der Waals surface area (Å²) in [5.74, 6) is 0.352. The number of rotatable bonds is 40. The van der Waals surface area contributed by atoms with E-state index in [1.807, 2.05) is 32.9 Å². The number of nitrogens with zero attached hydrogens (tertiary/aromatic N) is 1. The molecule has 0 aliphatic rings. The minimum Gasteiger partial charge on any atom is -0.481 e. The van der Waals surface area contributed by atoms with Gasteiger partial charge in [0.05, 0.1) is 33.1 Å². The van der Waals surface area contributed by atoms with Gasteiger partial charge in [0.15, 0.2) is 0 Å². The molecule has 0 amide bonds. The summed E-state index contributed by atoms with van der Waals surface area (Å²) in [4.78, 5) is 20.8. The molecule has 0 aliphatic carbocycles. The van der Waals surface area contributed by atoms with Gasteiger partial charge in [-0.1, -0.05) is 161 Å². The molecule has 0 aromatic rings. The summed E-state index contributed by atoms with van der Waals surface area (Å²) in [7, 11) is 2.01. The molecule has 0 spiro atoms. The molecule has 0 heterocycles. The summed E-state index contributed by atoms with van der Waals surface area (Å²) in [5.41, 5.74) is 0. The first kappa shape index (κ1) is 48.9. The summed E-state index contributed by atoms with van der Waals surface area (Å²) in [6, 6.07) is 0. The van der Waals surface area contributed by atoms with Crippen LogP contribution < -0.4 is 5.32 Å². The van der Waals surface area contributed by atoms with Gasteiger partial charge in [-0.05, 0) is 31.6 Å². The van der Waals surface area contributed by atoms with E-state index in [2.05, 4.69) is 12.2 Å². The zero-order valence-corrected chi connectivity index (χ0v) is 34.5. The van der Waals surface area contributed by atoms with E-state index < -0.39 is 13.8 Å². The zero-order valence-electron chi connectivity index (χ0n) is 32.7. The third-order valence-electron chi connectivity index (χ3n) is 9.16. The van der Waals surface area contributed by atoms with Gasteiger partial charge in [-0.3, -0.25) is 13.8 Å². The van der Waals surface area contributed by atoms with Crippen molar-refractivity contribution in [2.24, 2.45) is 0 Å². The molecule has 0 saturated carbocycles. The highest BCUT2D eigenvalue weighted by Gasteiger charge is 2.24. The maximum Gasteiger partial charge on any atom is 0.472 e. The van der Waals surface area contributed by atoms with Crippen LogP contribution in [0, 0.1) is 0 Å². The van der Waals surface area contributed by atoms with Crippen molar-refractivity contribution < 1.29 is 32.9 Å². The molecule has 0 fully saturated rings. The highest BCUT2D eigenvalue weighted by molar-refractivity contribution is 7.99. The van der Waals surface area contributed by atoms with E-state index >= 15 is 0 Å². The number of hydrogen-bond donors (Lipinski definition) is 3. The molecule has 0 bridgehead atoms. The lowest BCUT2D eigenvalue weighted by Crippen LogP contribution is -2.37. The number of quaternary nitrogens is 1. The van der Waals surface area contributed by atoms with Crippen molar-refractivity contribution in [1.29, 1.82) is 0 Å². The van der Waals surface area contributed by atoms with E-state index in [1.165, 1.54) is 148 Å². The first-order valence-corrected chi connectivity index (χ1v) is 23.1. The Bertz CT molecular complexity index is 770. The number of phosphoric ester groups is 1. The Kier molecular flexibility index (Phi) is 34.8. The van der Waals surface area contributed by atoms with Crippen molar-refractivity contribution in [3.05, 3.63) is 0 Å². The van der Waals surface area contributed by atoms with E-state index in [0.29, 0.717) is 17.4 Å². The Balaban J connectivity index is 4.08. The number of carbonyl (C=O) groups is 1. The lowest BCUT2D eigenvalue weighted by atomic mass is 10.0. The molecule has 8 nitrogen and oxygen atoms in total. The summed E-state index contributed by atoms with van der Waals surface area (Å²) >= 11 is 1.81. The van der Waals surface area contributed by atoms with Crippen LogP contribution in [-0.4, -0.2) is 79.0 Å². The second kappa shape index (κ2) is 34.9. The molecule has 0 aliphatic heterocycles. The molecule has 3 N–H and O–H groups in total. The summed E-state index contributed by atoms with van der Waals surface area (Å²) < 4.78 is 23.8. The van der Waals surface area contributed by atoms with Crippen LogP contribution in [-0.2, 0) is 18.4 Å². The summed E-state index contributed by atoms with van der Waals surface area (Å²) in [6.07, 6.45) is 34.9. The number of unbranched alkanes of at least 4 members (excludes halogenated alkanes) is 25. The molecular weight excluding hydrogens is 655 g/mol. The molecule has 49 heavy (non-hydrogen) atoms. The van der Waals surface area contributed by atoms with Gasteiger partial charge >= 0.3 is 13.8 Å².